The number of carbonyl (C=O) groups excluding carboxylic acids is 1. The van der Waals surface area contributed by atoms with E-state index in [9.17, 15) is 9.18 Å². The highest BCUT2D eigenvalue weighted by Crippen LogP contribution is 2.24. The number of nitrogens with one attached hydrogen (secondary N) is 1. The third-order valence-corrected chi connectivity index (χ3v) is 5.84. The molecule has 0 saturated carbocycles. The van der Waals surface area contributed by atoms with E-state index in [0.29, 0.717) is 0 Å². The number of likely N-dealkylation sites (N-methyl/N-ethyl adjacent to an activating group) is 1. The first kappa shape index (κ1) is 19.9. The summed E-state index contributed by atoms with van der Waals surface area (Å²) in [5, 5.41) is 5.76. The Morgan fingerprint density at radius 3 is 2.81 bits per heavy atom. The molecule has 0 aliphatic carbocycles. The molecule has 2 aromatic rings. The molecule has 27 heavy (non-hydrogen) atoms. The number of benzene rings is 1. The smallest absolute Gasteiger partial charge is 0.226 e. The first-order valence-electron chi connectivity index (χ1n) is 9.44. The Hall–Kier alpha value is -1.83. The van der Waals surface area contributed by atoms with Crippen LogP contribution >= 0.6 is 11.3 Å². The number of carbonyl (C=O) groups is 1. The Morgan fingerprint density at radius 1 is 1.33 bits per heavy atom. The van der Waals surface area contributed by atoms with Crippen molar-refractivity contribution in [3.8, 4) is 10.6 Å². The van der Waals surface area contributed by atoms with Gasteiger partial charge in [0.25, 0.3) is 0 Å². The molecule has 0 bridgehead atoms. The van der Waals surface area contributed by atoms with Gasteiger partial charge in [0, 0.05) is 49.7 Å². The largest absolute Gasteiger partial charge is 0.352 e. The lowest BCUT2D eigenvalue weighted by Crippen LogP contribution is -2.50. The number of hydrogen-bond acceptors (Lipinski definition) is 5. The summed E-state index contributed by atoms with van der Waals surface area (Å²) in [5.74, 6) is -0.288. The van der Waals surface area contributed by atoms with E-state index in [-0.39, 0.29) is 24.2 Å². The summed E-state index contributed by atoms with van der Waals surface area (Å²) in [6.07, 6.45) is 1.16. The van der Waals surface area contributed by atoms with Crippen molar-refractivity contribution in [3.63, 3.8) is 0 Å². The van der Waals surface area contributed by atoms with Crippen LogP contribution in [0.15, 0.2) is 29.6 Å². The lowest BCUT2D eigenvalue weighted by atomic mass is 10.1. The van der Waals surface area contributed by atoms with Crippen molar-refractivity contribution in [3.05, 3.63) is 41.2 Å². The zero-order chi connectivity index (χ0) is 19.2. The predicted molar refractivity (Wildman–Crippen MR) is 107 cm³/mol. The molecule has 146 valence electrons. The van der Waals surface area contributed by atoms with Crippen LogP contribution in [0.3, 0.4) is 0 Å². The van der Waals surface area contributed by atoms with Gasteiger partial charge in [0.2, 0.25) is 5.91 Å². The molecule has 7 heteroatoms. The molecular formula is C20H27FN4OS. The second-order valence-electron chi connectivity index (χ2n) is 7.11. The molecule has 1 saturated heterocycles. The summed E-state index contributed by atoms with van der Waals surface area (Å²) in [4.78, 5) is 21.7. The zero-order valence-electron chi connectivity index (χ0n) is 15.9. The maximum absolute atomic E-state index is 13.4. The quantitative estimate of drug-likeness (QED) is 0.790. The van der Waals surface area contributed by atoms with E-state index in [1.165, 1.54) is 23.5 Å². The average Bonchev–Trinajstić information content (AvgIpc) is 3.11. The molecule has 1 atom stereocenters. The van der Waals surface area contributed by atoms with Gasteiger partial charge < -0.3 is 10.2 Å². The number of rotatable bonds is 7. The topological polar surface area (TPSA) is 48.5 Å². The Bertz CT molecular complexity index is 758. The summed E-state index contributed by atoms with van der Waals surface area (Å²) in [6.45, 7) is 7.24. The number of halogens is 1. The summed E-state index contributed by atoms with van der Waals surface area (Å²) >= 11 is 1.44. The highest BCUT2D eigenvalue weighted by molar-refractivity contribution is 7.13. The first-order valence-corrected chi connectivity index (χ1v) is 10.3. The maximum Gasteiger partial charge on any atom is 0.226 e. The van der Waals surface area contributed by atoms with Gasteiger partial charge in [0.1, 0.15) is 10.8 Å². The second-order valence-corrected chi connectivity index (χ2v) is 7.97. The standard InChI is InChI=1S/C20H27FN4OS/c1-3-17(13-25-9-7-24(2)8-10-25)22-19(26)12-18-14-27-20(23-18)15-5-4-6-16(21)11-15/h4-6,11,14,17H,3,7-10,12-13H2,1-2H3,(H,22,26)/t17-/m1/s1. The molecule has 1 aliphatic heterocycles. The van der Waals surface area contributed by atoms with Crippen LogP contribution in [0.1, 0.15) is 19.0 Å². The lowest BCUT2D eigenvalue weighted by molar-refractivity contribution is -0.121. The van der Waals surface area contributed by atoms with E-state index in [1.807, 2.05) is 11.4 Å². The van der Waals surface area contributed by atoms with E-state index in [1.54, 1.807) is 6.07 Å². The minimum atomic E-state index is -0.281. The highest BCUT2D eigenvalue weighted by Gasteiger charge is 2.19. The van der Waals surface area contributed by atoms with Crippen molar-refractivity contribution in [1.29, 1.82) is 0 Å². The van der Waals surface area contributed by atoms with E-state index < -0.39 is 0 Å². The summed E-state index contributed by atoms with van der Waals surface area (Å²) in [7, 11) is 2.14. The van der Waals surface area contributed by atoms with Crippen LogP contribution in [0.5, 0.6) is 0 Å². The number of aromatic nitrogens is 1. The Labute approximate surface area is 164 Å². The molecular weight excluding hydrogens is 363 g/mol. The monoisotopic (exact) mass is 390 g/mol. The van der Waals surface area contributed by atoms with Gasteiger partial charge >= 0.3 is 0 Å². The molecule has 1 N–H and O–H groups in total. The van der Waals surface area contributed by atoms with E-state index >= 15 is 0 Å². The summed E-state index contributed by atoms with van der Waals surface area (Å²) in [6, 6.07) is 6.53. The minimum absolute atomic E-state index is 0.00734. The molecule has 0 spiro atoms. The molecule has 1 amide bonds. The number of nitrogens with zero attached hydrogens (tertiary/aromatic N) is 3. The van der Waals surface area contributed by atoms with Gasteiger partial charge in [-0.2, -0.15) is 0 Å². The van der Waals surface area contributed by atoms with Crippen molar-refractivity contribution >= 4 is 17.2 Å². The summed E-state index contributed by atoms with van der Waals surface area (Å²) < 4.78 is 13.4. The average molecular weight is 391 g/mol. The van der Waals surface area contributed by atoms with Gasteiger partial charge in [-0.05, 0) is 25.6 Å². The molecule has 1 aromatic carbocycles. The fourth-order valence-corrected chi connectivity index (χ4v) is 4.02. The molecule has 1 fully saturated rings. The van der Waals surface area contributed by atoms with Gasteiger partial charge in [0.15, 0.2) is 0 Å². The van der Waals surface area contributed by atoms with Crippen LogP contribution in [0.4, 0.5) is 4.39 Å². The van der Waals surface area contributed by atoms with Crippen LogP contribution in [-0.2, 0) is 11.2 Å². The van der Waals surface area contributed by atoms with E-state index in [0.717, 1.165) is 55.4 Å². The van der Waals surface area contributed by atoms with Crippen molar-refractivity contribution in [2.75, 3.05) is 39.8 Å². The second kappa shape index (κ2) is 9.39. The number of amides is 1. The Balaban J connectivity index is 1.52. The Kier molecular flexibility index (Phi) is 6.93. The lowest BCUT2D eigenvalue weighted by Gasteiger charge is -2.34. The van der Waals surface area contributed by atoms with Crippen molar-refractivity contribution < 1.29 is 9.18 Å². The molecule has 1 aliphatic rings. The third-order valence-electron chi connectivity index (χ3n) is 4.90. The first-order chi connectivity index (χ1) is 13.0. The fourth-order valence-electron chi connectivity index (χ4n) is 3.20. The molecule has 5 nitrogen and oxygen atoms in total. The van der Waals surface area contributed by atoms with Gasteiger partial charge in [0.05, 0.1) is 12.1 Å². The minimum Gasteiger partial charge on any atom is -0.352 e. The van der Waals surface area contributed by atoms with Crippen LogP contribution in [-0.4, -0.2) is 66.5 Å². The van der Waals surface area contributed by atoms with Gasteiger partial charge in [-0.25, -0.2) is 9.37 Å². The van der Waals surface area contributed by atoms with Crippen molar-refractivity contribution in [2.45, 2.75) is 25.8 Å². The van der Waals surface area contributed by atoms with Gasteiger partial charge in [-0.1, -0.05) is 19.1 Å². The van der Waals surface area contributed by atoms with Crippen LogP contribution in [0.2, 0.25) is 0 Å². The molecule has 0 unspecified atom stereocenters. The predicted octanol–water partition coefficient (Wildman–Crippen LogP) is 2.63. The van der Waals surface area contributed by atoms with Crippen LogP contribution in [0, 0.1) is 5.82 Å². The third kappa shape index (κ3) is 5.82. The van der Waals surface area contributed by atoms with Gasteiger partial charge in [-0.3, -0.25) is 9.69 Å². The summed E-state index contributed by atoms with van der Waals surface area (Å²) in [5.41, 5.74) is 1.47. The number of hydrogen-bond donors (Lipinski definition) is 1. The zero-order valence-corrected chi connectivity index (χ0v) is 16.8. The van der Waals surface area contributed by atoms with Gasteiger partial charge in [-0.15, -0.1) is 11.3 Å². The SMILES string of the molecule is CC[C@H](CN1CCN(C)CC1)NC(=O)Cc1csc(-c2cccc(F)c2)n1. The van der Waals surface area contributed by atoms with E-state index in [4.69, 9.17) is 0 Å². The number of piperazine rings is 1. The molecule has 3 rings (SSSR count). The molecule has 1 aromatic heterocycles. The van der Waals surface area contributed by atoms with Crippen molar-refractivity contribution in [1.82, 2.24) is 20.1 Å². The fraction of sp³-hybridized carbons (Fsp3) is 0.500. The van der Waals surface area contributed by atoms with E-state index in [2.05, 4.69) is 34.1 Å². The van der Waals surface area contributed by atoms with Crippen LogP contribution < -0.4 is 5.32 Å². The maximum atomic E-state index is 13.4. The highest BCUT2D eigenvalue weighted by atomic mass is 32.1. The molecule has 0 radical (unpaired) electrons. The number of thiazole rings is 1. The Morgan fingerprint density at radius 2 is 2.11 bits per heavy atom. The van der Waals surface area contributed by atoms with Crippen LogP contribution in [0.25, 0.3) is 10.6 Å². The normalized spacial score (nSPS) is 17.0. The molecule has 2 heterocycles. The van der Waals surface area contributed by atoms with Crippen molar-refractivity contribution in [2.24, 2.45) is 0 Å².